The summed E-state index contributed by atoms with van der Waals surface area (Å²) in [7, 11) is 0. The summed E-state index contributed by atoms with van der Waals surface area (Å²) in [4.78, 5) is 35.0. The predicted octanol–water partition coefficient (Wildman–Crippen LogP) is 2.04. The number of benzene rings is 1. The molecule has 2 rings (SSSR count). The number of amides is 3. The minimum atomic E-state index is -0.781. The van der Waals surface area contributed by atoms with Gasteiger partial charge in [-0.3, -0.25) is 9.59 Å². The summed E-state index contributed by atoms with van der Waals surface area (Å²) in [5.41, 5.74) is 5.71. The number of carbonyl (C=O) groups excluding carboxylic acids is 3. The van der Waals surface area contributed by atoms with Crippen molar-refractivity contribution < 1.29 is 19.1 Å². The molecule has 1 atom stereocenters. The van der Waals surface area contributed by atoms with Crippen molar-refractivity contribution >= 4 is 29.5 Å². The minimum absolute atomic E-state index is 0.165. The van der Waals surface area contributed by atoms with Gasteiger partial charge in [-0.2, -0.15) is 0 Å². The highest BCUT2D eigenvalue weighted by Crippen LogP contribution is 2.25. The zero-order valence-electron chi connectivity index (χ0n) is 13.8. The van der Waals surface area contributed by atoms with Crippen LogP contribution < -0.4 is 16.4 Å². The van der Waals surface area contributed by atoms with Crippen molar-refractivity contribution in [1.82, 2.24) is 10.6 Å². The highest BCUT2D eigenvalue weighted by atomic mass is 35.5. The maximum Gasteiger partial charge on any atom is 0.312 e. The summed E-state index contributed by atoms with van der Waals surface area (Å²) < 4.78 is 5.00. The molecule has 0 saturated heterocycles. The number of hydrogen-bond donors (Lipinski definition) is 3. The average Bonchev–Trinajstić information content (AvgIpc) is 3.05. The molecule has 136 valence electrons. The van der Waals surface area contributed by atoms with Gasteiger partial charge in [-0.05, 0) is 24.5 Å². The van der Waals surface area contributed by atoms with E-state index in [9.17, 15) is 14.4 Å². The Kier molecular flexibility index (Phi) is 7.06. The maximum absolute atomic E-state index is 12.0. The molecule has 1 aromatic carbocycles. The van der Waals surface area contributed by atoms with Crippen LogP contribution in [0.3, 0.4) is 0 Å². The monoisotopic (exact) mass is 367 g/mol. The lowest BCUT2D eigenvalue weighted by molar-refractivity contribution is -0.149. The van der Waals surface area contributed by atoms with E-state index in [-0.39, 0.29) is 25.0 Å². The van der Waals surface area contributed by atoms with E-state index in [4.69, 9.17) is 22.1 Å². The Labute approximate surface area is 151 Å². The molecule has 0 bridgehead atoms. The van der Waals surface area contributed by atoms with Crippen LogP contribution in [0.15, 0.2) is 24.3 Å². The highest BCUT2D eigenvalue weighted by molar-refractivity contribution is 6.31. The molecule has 0 heterocycles. The topological polar surface area (TPSA) is 111 Å². The Hall–Kier alpha value is -2.28. The molecule has 0 unspecified atom stereocenters. The largest absolute Gasteiger partial charge is 0.456 e. The zero-order valence-corrected chi connectivity index (χ0v) is 14.6. The molecule has 1 fully saturated rings. The fourth-order valence-electron chi connectivity index (χ4n) is 2.88. The number of hydrogen-bond acceptors (Lipinski definition) is 4. The maximum atomic E-state index is 12.0. The number of urea groups is 1. The van der Waals surface area contributed by atoms with E-state index in [0.717, 1.165) is 25.7 Å². The summed E-state index contributed by atoms with van der Waals surface area (Å²) in [6.07, 6.45) is 3.93. The van der Waals surface area contributed by atoms with Crippen molar-refractivity contribution in [3.63, 3.8) is 0 Å². The van der Waals surface area contributed by atoms with Gasteiger partial charge >= 0.3 is 12.0 Å². The van der Waals surface area contributed by atoms with E-state index >= 15 is 0 Å². The SMILES string of the molecule is NC(=O)N[C@@H](CC(=O)OCC(=O)NC1CCCC1)c1ccccc1Cl. The van der Waals surface area contributed by atoms with Crippen molar-refractivity contribution in [3.8, 4) is 0 Å². The molecule has 1 aliphatic carbocycles. The highest BCUT2D eigenvalue weighted by Gasteiger charge is 2.22. The molecular formula is C17H22ClN3O4. The van der Waals surface area contributed by atoms with Crippen LogP contribution in [-0.4, -0.2) is 30.6 Å². The second kappa shape index (κ2) is 9.27. The van der Waals surface area contributed by atoms with Gasteiger partial charge in [0.1, 0.15) is 0 Å². The lowest BCUT2D eigenvalue weighted by atomic mass is 10.0. The van der Waals surface area contributed by atoms with Gasteiger partial charge in [0.15, 0.2) is 6.61 Å². The number of carbonyl (C=O) groups is 3. The molecule has 0 aromatic heterocycles. The molecule has 1 aromatic rings. The Morgan fingerprint density at radius 3 is 2.56 bits per heavy atom. The summed E-state index contributed by atoms with van der Waals surface area (Å²) in [6, 6.07) is 5.46. The summed E-state index contributed by atoms with van der Waals surface area (Å²) in [5.74, 6) is -0.947. The Morgan fingerprint density at radius 1 is 1.24 bits per heavy atom. The average molecular weight is 368 g/mol. The van der Waals surface area contributed by atoms with Gasteiger partial charge in [-0.15, -0.1) is 0 Å². The van der Waals surface area contributed by atoms with Crippen molar-refractivity contribution in [2.75, 3.05) is 6.61 Å². The van der Waals surface area contributed by atoms with Crippen LogP contribution in [0.1, 0.15) is 43.7 Å². The van der Waals surface area contributed by atoms with E-state index in [1.807, 2.05) is 0 Å². The molecule has 3 amide bonds. The van der Waals surface area contributed by atoms with Gasteiger partial charge in [-0.1, -0.05) is 42.6 Å². The quantitative estimate of drug-likeness (QED) is 0.640. The first-order valence-electron chi connectivity index (χ1n) is 8.21. The summed E-state index contributed by atoms with van der Waals surface area (Å²) >= 11 is 6.10. The molecular weight excluding hydrogens is 346 g/mol. The van der Waals surface area contributed by atoms with E-state index in [1.54, 1.807) is 24.3 Å². The predicted molar refractivity (Wildman–Crippen MR) is 92.9 cm³/mol. The smallest absolute Gasteiger partial charge is 0.312 e. The van der Waals surface area contributed by atoms with Gasteiger partial charge in [-0.25, -0.2) is 4.79 Å². The number of esters is 1. The van der Waals surface area contributed by atoms with Crippen molar-refractivity contribution in [3.05, 3.63) is 34.9 Å². The summed E-state index contributed by atoms with van der Waals surface area (Å²) in [5, 5.41) is 5.70. The molecule has 1 saturated carbocycles. The standard InChI is InChI=1S/C17H22ClN3O4/c18-13-8-4-3-7-12(13)14(21-17(19)24)9-16(23)25-10-15(22)20-11-5-1-2-6-11/h3-4,7-8,11,14H,1-2,5-6,9-10H2,(H,20,22)(H3,19,21,24)/t14-/m0/s1. The third-order valence-electron chi connectivity index (χ3n) is 4.05. The van der Waals surface area contributed by atoms with Crippen LogP contribution in [0.2, 0.25) is 5.02 Å². The van der Waals surface area contributed by atoms with Gasteiger partial charge in [0, 0.05) is 11.1 Å². The fraction of sp³-hybridized carbons (Fsp3) is 0.471. The molecule has 8 heteroatoms. The lowest BCUT2D eigenvalue weighted by Gasteiger charge is -2.18. The van der Waals surface area contributed by atoms with Crippen molar-refractivity contribution in [2.45, 2.75) is 44.2 Å². The van der Waals surface area contributed by atoms with Crippen LogP contribution in [0.25, 0.3) is 0 Å². The zero-order chi connectivity index (χ0) is 18.2. The first-order chi connectivity index (χ1) is 12.0. The molecule has 0 aliphatic heterocycles. The van der Waals surface area contributed by atoms with Crippen LogP contribution in [0.5, 0.6) is 0 Å². The number of primary amides is 1. The third-order valence-corrected chi connectivity index (χ3v) is 4.40. The fourth-order valence-corrected chi connectivity index (χ4v) is 3.15. The summed E-state index contributed by atoms with van der Waals surface area (Å²) in [6.45, 7) is -0.346. The van der Waals surface area contributed by atoms with Crippen LogP contribution in [0.4, 0.5) is 4.79 Å². The Balaban J connectivity index is 1.87. The van der Waals surface area contributed by atoms with Gasteiger partial charge in [0.2, 0.25) is 0 Å². The molecule has 4 N–H and O–H groups in total. The minimum Gasteiger partial charge on any atom is -0.456 e. The molecule has 1 aliphatic rings. The van der Waals surface area contributed by atoms with Gasteiger partial charge in [0.25, 0.3) is 5.91 Å². The second-order valence-electron chi connectivity index (χ2n) is 6.00. The van der Waals surface area contributed by atoms with Gasteiger partial charge in [0.05, 0.1) is 12.5 Å². The van der Waals surface area contributed by atoms with E-state index in [2.05, 4.69) is 10.6 Å². The number of rotatable bonds is 7. The number of nitrogens with one attached hydrogen (secondary N) is 2. The lowest BCUT2D eigenvalue weighted by Crippen LogP contribution is -2.37. The molecule has 7 nitrogen and oxygen atoms in total. The number of ether oxygens (including phenoxy) is 1. The van der Waals surface area contributed by atoms with Crippen molar-refractivity contribution in [1.29, 1.82) is 0 Å². The van der Waals surface area contributed by atoms with Crippen LogP contribution in [-0.2, 0) is 14.3 Å². The molecule has 0 spiro atoms. The first kappa shape index (κ1) is 19.1. The third kappa shape index (κ3) is 6.26. The first-order valence-corrected chi connectivity index (χ1v) is 8.59. The van der Waals surface area contributed by atoms with Crippen LogP contribution in [0, 0.1) is 0 Å². The van der Waals surface area contributed by atoms with E-state index in [0.29, 0.717) is 10.6 Å². The Morgan fingerprint density at radius 2 is 1.92 bits per heavy atom. The number of halogens is 1. The second-order valence-corrected chi connectivity index (χ2v) is 6.40. The van der Waals surface area contributed by atoms with Gasteiger partial charge < -0.3 is 21.1 Å². The normalized spacial score (nSPS) is 15.4. The molecule has 0 radical (unpaired) electrons. The van der Waals surface area contributed by atoms with E-state index in [1.165, 1.54) is 0 Å². The van der Waals surface area contributed by atoms with Crippen LogP contribution >= 0.6 is 11.6 Å². The Bertz CT molecular complexity index is 632. The molecule has 25 heavy (non-hydrogen) atoms. The number of nitrogens with two attached hydrogens (primary N) is 1. The van der Waals surface area contributed by atoms with E-state index < -0.39 is 18.0 Å². The van der Waals surface area contributed by atoms with Crippen molar-refractivity contribution in [2.24, 2.45) is 5.73 Å².